The number of nitrogens with one attached hydrogen (secondary N) is 1. The summed E-state index contributed by atoms with van der Waals surface area (Å²) in [6.45, 7) is 4.47. The van der Waals surface area contributed by atoms with Crippen LogP contribution in [0, 0.1) is 0 Å². The first-order valence-corrected chi connectivity index (χ1v) is 3.74. The van der Waals surface area contributed by atoms with Crippen LogP contribution in [0.5, 0.6) is 5.88 Å². The molecule has 0 aliphatic carbocycles. The molecule has 0 fully saturated rings. The van der Waals surface area contributed by atoms with Crippen molar-refractivity contribution in [3.05, 3.63) is 18.3 Å². The van der Waals surface area contributed by atoms with Gasteiger partial charge < -0.3 is 14.5 Å². The van der Waals surface area contributed by atoms with E-state index in [0.29, 0.717) is 6.61 Å². The molecule has 1 heterocycles. The zero-order valence-electron chi connectivity index (χ0n) is 6.83. The fraction of sp³-hybridized carbons (Fsp3) is 0.500. The molecule has 1 aromatic heterocycles. The van der Waals surface area contributed by atoms with Crippen LogP contribution in [0.3, 0.4) is 0 Å². The predicted octanol–water partition coefficient (Wildman–Crippen LogP) is 1.78. The van der Waals surface area contributed by atoms with Crippen LogP contribution in [0.1, 0.15) is 13.8 Å². The van der Waals surface area contributed by atoms with Gasteiger partial charge in [0.15, 0.2) is 12.2 Å². The highest BCUT2D eigenvalue weighted by Crippen LogP contribution is 2.07. The van der Waals surface area contributed by atoms with Crippen molar-refractivity contribution in [2.75, 3.05) is 6.61 Å². The Hall–Kier alpha value is -0.960. The van der Waals surface area contributed by atoms with E-state index in [4.69, 9.17) is 9.47 Å². The van der Waals surface area contributed by atoms with Crippen molar-refractivity contribution in [2.45, 2.75) is 20.1 Å². The Balaban J connectivity index is 2.31. The molecule has 0 radical (unpaired) electrons. The fourth-order valence-corrected chi connectivity index (χ4v) is 0.835. The Bertz CT molecular complexity index is 184. The first-order valence-electron chi connectivity index (χ1n) is 3.74. The van der Waals surface area contributed by atoms with Gasteiger partial charge in [-0.25, -0.2) is 0 Å². The quantitative estimate of drug-likeness (QED) is 0.672. The number of H-pyrrole nitrogens is 1. The third-order valence-corrected chi connectivity index (χ3v) is 1.26. The number of rotatable bonds is 4. The number of aromatic nitrogens is 1. The summed E-state index contributed by atoms with van der Waals surface area (Å²) in [4.78, 5) is 2.92. The lowest BCUT2D eigenvalue weighted by Gasteiger charge is -2.11. The standard InChI is InChI=1S/C8H13NO2/c1-3-10-7(2)11-8-5-4-6-9-8/h4-7,9H,3H2,1-2H3. The molecular weight excluding hydrogens is 142 g/mol. The SMILES string of the molecule is CCOC(C)Oc1ccc[nH]1. The minimum Gasteiger partial charge on any atom is -0.450 e. The van der Waals surface area contributed by atoms with Crippen molar-refractivity contribution >= 4 is 0 Å². The summed E-state index contributed by atoms with van der Waals surface area (Å²) >= 11 is 0. The second kappa shape index (κ2) is 4.03. The average molecular weight is 155 g/mol. The molecule has 0 amide bonds. The molecule has 3 nitrogen and oxygen atoms in total. The molecule has 0 aliphatic rings. The number of hydrogen-bond acceptors (Lipinski definition) is 2. The second-order valence-electron chi connectivity index (χ2n) is 2.18. The van der Waals surface area contributed by atoms with Crippen molar-refractivity contribution in [3.8, 4) is 5.88 Å². The Labute approximate surface area is 66.3 Å². The zero-order valence-corrected chi connectivity index (χ0v) is 6.83. The second-order valence-corrected chi connectivity index (χ2v) is 2.18. The number of hydrogen-bond donors (Lipinski definition) is 1. The van der Waals surface area contributed by atoms with Gasteiger partial charge in [-0.3, -0.25) is 0 Å². The Morgan fingerprint density at radius 1 is 1.64 bits per heavy atom. The first-order chi connectivity index (χ1) is 5.33. The Morgan fingerprint density at radius 3 is 3.00 bits per heavy atom. The van der Waals surface area contributed by atoms with Gasteiger partial charge in [-0.15, -0.1) is 0 Å². The molecule has 1 rings (SSSR count). The lowest BCUT2D eigenvalue weighted by molar-refractivity contribution is -0.0634. The lowest BCUT2D eigenvalue weighted by atomic mass is 10.6. The van der Waals surface area contributed by atoms with Gasteiger partial charge in [-0.1, -0.05) is 0 Å². The van der Waals surface area contributed by atoms with Crippen LogP contribution in [0.4, 0.5) is 0 Å². The minimum atomic E-state index is -0.182. The van der Waals surface area contributed by atoms with Crippen molar-refractivity contribution in [1.82, 2.24) is 4.98 Å². The Kier molecular flexibility index (Phi) is 2.98. The van der Waals surface area contributed by atoms with Gasteiger partial charge in [0.1, 0.15) is 0 Å². The van der Waals surface area contributed by atoms with E-state index in [1.165, 1.54) is 0 Å². The summed E-state index contributed by atoms with van der Waals surface area (Å²) < 4.78 is 10.5. The molecular formula is C8H13NO2. The zero-order chi connectivity index (χ0) is 8.10. The molecule has 3 heteroatoms. The van der Waals surface area contributed by atoms with Gasteiger partial charge >= 0.3 is 0 Å². The molecule has 11 heavy (non-hydrogen) atoms. The molecule has 0 bridgehead atoms. The summed E-state index contributed by atoms with van der Waals surface area (Å²) in [5, 5.41) is 0. The van der Waals surface area contributed by atoms with E-state index in [-0.39, 0.29) is 6.29 Å². The van der Waals surface area contributed by atoms with E-state index < -0.39 is 0 Å². The molecule has 1 atom stereocenters. The maximum atomic E-state index is 5.32. The monoisotopic (exact) mass is 155 g/mol. The Morgan fingerprint density at radius 2 is 2.45 bits per heavy atom. The topological polar surface area (TPSA) is 34.2 Å². The van der Waals surface area contributed by atoms with Crippen molar-refractivity contribution in [3.63, 3.8) is 0 Å². The van der Waals surface area contributed by atoms with Crippen LogP contribution < -0.4 is 4.74 Å². The van der Waals surface area contributed by atoms with Crippen LogP contribution in [0.2, 0.25) is 0 Å². The molecule has 1 aromatic rings. The van der Waals surface area contributed by atoms with Crippen LogP contribution in [-0.2, 0) is 4.74 Å². The van der Waals surface area contributed by atoms with Crippen molar-refractivity contribution < 1.29 is 9.47 Å². The van der Waals surface area contributed by atoms with E-state index in [9.17, 15) is 0 Å². The maximum absolute atomic E-state index is 5.32. The van der Waals surface area contributed by atoms with E-state index in [0.717, 1.165) is 5.88 Å². The maximum Gasteiger partial charge on any atom is 0.198 e. The highest BCUT2D eigenvalue weighted by atomic mass is 16.7. The summed E-state index contributed by atoms with van der Waals surface area (Å²) in [7, 11) is 0. The van der Waals surface area contributed by atoms with Crippen LogP contribution >= 0.6 is 0 Å². The molecule has 1 unspecified atom stereocenters. The summed E-state index contributed by atoms with van der Waals surface area (Å²) in [6.07, 6.45) is 1.63. The highest BCUT2D eigenvalue weighted by molar-refractivity contribution is 5.09. The first kappa shape index (κ1) is 8.14. The van der Waals surface area contributed by atoms with E-state index in [2.05, 4.69) is 4.98 Å². The predicted molar refractivity (Wildman–Crippen MR) is 42.5 cm³/mol. The van der Waals surface area contributed by atoms with Crippen molar-refractivity contribution in [2.24, 2.45) is 0 Å². The van der Waals surface area contributed by atoms with Gasteiger partial charge in [0.25, 0.3) is 0 Å². The summed E-state index contributed by atoms with van der Waals surface area (Å²) in [5.74, 6) is 0.742. The third kappa shape index (κ3) is 2.63. The van der Waals surface area contributed by atoms with Crippen LogP contribution in [0.25, 0.3) is 0 Å². The van der Waals surface area contributed by atoms with Gasteiger partial charge in [0, 0.05) is 12.8 Å². The molecule has 0 saturated carbocycles. The lowest BCUT2D eigenvalue weighted by Crippen LogP contribution is -2.15. The summed E-state index contributed by atoms with van der Waals surface area (Å²) in [6, 6.07) is 3.74. The average Bonchev–Trinajstić information content (AvgIpc) is 2.40. The molecule has 0 spiro atoms. The molecule has 0 saturated heterocycles. The molecule has 0 aliphatic heterocycles. The third-order valence-electron chi connectivity index (χ3n) is 1.26. The largest absolute Gasteiger partial charge is 0.450 e. The van der Waals surface area contributed by atoms with E-state index >= 15 is 0 Å². The molecule has 62 valence electrons. The van der Waals surface area contributed by atoms with Gasteiger partial charge in [-0.05, 0) is 26.0 Å². The molecule has 0 aromatic carbocycles. The van der Waals surface area contributed by atoms with Crippen LogP contribution in [0.15, 0.2) is 18.3 Å². The minimum absolute atomic E-state index is 0.182. The summed E-state index contributed by atoms with van der Waals surface area (Å²) in [5.41, 5.74) is 0. The van der Waals surface area contributed by atoms with Gasteiger partial charge in [-0.2, -0.15) is 0 Å². The highest BCUT2D eigenvalue weighted by Gasteiger charge is 2.01. The normalized spacial score (nSPS) is 12.9. The van der Waals surface area contributed by atoms with Gasteiger partial charge in [0.05, 0.1) is 0 Å². The fourth-order valence-electron chi connectivity index (χ4n) is 0.835. The van der Waals surface area contributed by atoms with E-state index in [1.807, 2.05) is 32.2 Å². The van der Waals surface area contributed by atoms with Gasteiger partial charge in [0.2, 0.25) is 0 Å². The van der Waals surface area contributed by atoms with Crippen molar-refractivity contribution in [1.29, 1.82) is 0 Å². The smallest absolute Gasteiger partial charge is 0.198 e. The van der Waals surface area contributed by atoms with Crippen LogP contribution in [-0.4, -0.2) is 17.9 Å². The van der Waals surface area contributed by atoms with E-state index in [1.54, 1.807) is 0 Å². The number of aromatic amines is 1. The number of ether oxygens (including phenoxy) is 2. The molecule has 1 N–H and O–H groups in total.